The van der Waals surface area contributed by atoms with Crippen molar-refractivity contribution in [1.29, 1.82) is 0 Å². The number of fused-ring (bicyclic) bond motifs is 1. The van der Waals surface area contributed by atoms with Crippen molar-refractivity contribution in [2.75, 3.05) is 20.1 Å². The minimum absolute atomic E-state index is 0. The van der Waals surface area contributed by atoms with Crippen LogP contribution in [0.1, 0.15) is 28.9 Å². The average Bonchev–Trinajstić information content (AvgIpc) is 3.05. The molecule has 3 heterocycles. The van der Waals surface area contributed by atoms with Crippen molar-refractivity contribution in [3.05, 3.63) is 38.2 Å². The molecule has 1 atom stereocenters. The van der Waals surface area contributed by atoms with Gasteiger partial charge in [0.05, 0.1) is 5.39 Å². The van der Waals surface area contributed by atoms with Gasteiger partial charge >= 0.3 is 5.69 Å². The van der Waals surface area contributed by atoms with Gasteiger partial charge in [-0.05, 0) is 38.4 Å². The highest BCUT2D eigenvalue weighted by atomic mass is 35.5. The number of carbonyl (C=O) groups excluding carboxylic acids is 1. The summed E-state index contributed by atoms with van der Waals surface area (Å²) in [5.74, 6) is -0.157. The first-order valence-electron chi connectivity index (χ1n) is 8.39. The quantitative estimate of drug-likeness (QED) is 0.789. The first-order chi connectivity index (χ1) is 11.9. The summed E-state index contributed by atoms with van der Waals surface area (Å²) in [6, 6.07) is 1.79. The molecule has 1 saturated heterocycles. The molecule has 0 spiro atoms. The molecule has 3 rings (SSSR count). The van der Waals surface area contributed by atoms with Crippen molar-refractivity contribution in [3.8, 4) is 0 Å². The van der Waals surface area contributed by atoms with Crippen molar-refractivity contribution in [1.82, 2.24) is 24.3 Å². The minimum atomic E-state index is -0.455. The van der Waals surface area contributed by atoms with Crippen LogP contribution in [-0.4, -0.2) is 51.1 Å². The molecule has 0 bridgehead atoms. The third-order valence-electron chi connectivity index (χ3n) is 4.90. The van der Waals surface area contributed by atoms with Gasteiger partial charge in [-0.25, -0.2) is 9.78 Å². The molecule has 2 aromatic heterocycles. The topological polar surface area (TPSA) is 89.2 Å². The fourth-order valence-electron chi connectivity index (χ4n) is 3.54. The predicted molar refractivity (Wildman–Crippen MR) is 109 cm³/mol. The minimum Gasteiger partial charge on any atom is -0.333 e. The van der Waals surface area contributed by atoms with Gasteiger partial charge in [0.1, 0.15) is 11.3 Å². The number of hydrogen-bond donors (Lipinski definition) is 1. The Morgan fingerprint density at radius 2 is 1.93 bits per heavy atom. The largest absolute Gasteiger partial charge is 0.333 e. The molecule has 1 aliphatic heterocycles. The molecule has 2 aromatic rings. The maximum Gasteiger partial charge on any atom is 0.332 e. The Balaban J connectivity index is 0.00000182. The number of nitrogens with zero attached hydrogens (tertiary/aromatic N) is 4. The number of pyridine rings is 1. The second-order valence-electron chi connectivity index (χ2n) is 6.58. The van der Waals surface area contributed by atoms with Crippen LogP contribution in [0.5, 0.6) is 0 Å². The summed E-state index contributed by atoms with van der Waals surface area (Å²) in [6.45, 7) is 3.19. The number of halogens is 2. The first kappa shape index (κ1) is 23.1. The van der Waals surface area contributed by atoms with E-state index >= 15 is 0 Å². The summed E-state index contributed by atoms with van der Waals surface area (Å²) in [4.78, 5) is 43.7. The van der Waals surface area contributed by atoms with Crippen LogP contribution in [0.4, 0.5) is 0 Å². The Hall–Kier alpha value is -1.90. The Bertz CT molecular complexity index is 970. The second kappa shape index (κ2) is 8.86. The van der Waals surface area contributed by atoms with E-state index in [-0.39, 0.29) is 48.1 Å². The van der Waals surface area contributed by atoms with E-state index in [0.29, 0.717) is 17.5 Å². The fourth-order valence-corrected chi connectivity index (χ4v) is 3.54. The van der Waals surface area contributed by atoms with Crippen LogP contribution in [0.3, 0.4) is 0 Å². The zero-order chi connectivity index (χ0) is 18.3. The molecule has 27 heavy (non-hydrogen) atoms. The third kappa shape index (κ3) is 3.88. The van der Waals surface area contributed by atoms with Crippen LogP contribution in [0, 0.1) is 6.92 Å². The normalized spacial score (nSPS) is 16.1. The van der Waals surface area contributed by atoms with Gasteiger partial charge < -0.3 is 10.2 Å². The lowest BCUT2D eigenvalue weighted by Gasteiger charge is -2.24. The highest BCUT2D eigenvalue weighted by Crippen LogP contribution is 2.21. The number of rotatable bonds is 3. The van der Waals surface area contributed by atoms with Gasteiger partial charge in [0.2, 0.25) is 0 Å². The molecule has 150 valence electrons. The van der Waals surface area contributed by atoms with Crippen molar-refractivity contribution in [2.45, 2.75) is 25.8 Å². The smallest absolute Gasteiger partial charge is 0.332 e. The van der Waals surface area contributed by atoms with E-state index in [9.17, 15) is 14.4 Å². The van der Waals surface area contributed by atoms with Crippen LogP contribution in [-0.2, 0) is 14.1 Å². The maximum absolute atomic E-state index is 12.9. The van der Waals surface area contributed by atoms with Gasteiger partial charge in [0, 0.05) is 33.2 Å². The van der Waals surface area contributed by atoms with Gasteiger partial charge in [-0.2, -0.15) is 0 Å². The Morgan fingerprint density at radius 3 is 2.56 bits per heavy atom. The monoisotopic (exact) mass is 417 g/mol. The van der Waals surface area contributed by atoms with Gasteiger partial charge in [-0.3, -0.25) is 18.7 Å². The molecule has 0 aliphatic carbocycles. The van der Waals surface area contributed by atoms with Gasteiger partial charge in [-0.1, -0.05) is 0 Å². The zero-order valence-corrected chi connectivity index (χ0v) is 17.4. The maximum atomic E-state index is 12.9. The van der Waals surface area contributed by atoms with Crippen LogP contribution in [0.25, 0.3) is 11.0 Å². The van der Waals surface area contributed by atoms with Crippen LogP contribution in [0.2, 0.25) is 0 Å². The van der Waals surface area contributed by atoms with Gasteiger partial charge in [0.15, 0.2) is 0 Å². The van der Waals surface area contributed by atoms with E-state index in [4.69, 9.17) is 0 Å². The number of hydrogen-bond acceptors (Lipinski definition) is 5. The summed E-state index contributed by atoms with van der Waals surface area (Å²) in [6.07, 6.45) is 1.92. The highest BCUT2D eigenvalue weighted by molar-refractivity contribution is 5.95. The summed E-state index contributed by atoms with van der Waals surface area (Å²) in [5, 5.41) is 3.48. The van der Waals surface area contributed by atoms with Gasteiger partial charge in [-0.15, -0.1) is 24.8 Å². The lowest BCUT2D eigenvalue weighted by Crippen LogP contribution is -2.41. The molecule has 0 aromatic carbocycles. The summed E-state index contributed by atoms with van der Waals surface area (Å²) < 4.78 is 2.37. The molecule has 1 unspecified atom stereocenters. The van der Waals surface area contributed by atoms with E-state index in [1.807, 2.05) is 11.9 Å². The van der Waals surface area contributed by atoms with Crippen molar-refractivity contribution in [3.63, 3.8) is 0 Å². The lowest BCUT2D eigenvalue weighted by atomic mass is 10.1. The molecule has 8 nitrogen and oxygen atoms in total. The fraction of sp³-hybridized carbons (Fsp3) is 0.529. The summed E-state index contributed by atoms with van der Waals surface area (Å²) in [5.41, 5.74) is 0.325. The van der Waals surface area contributed by atoms with Crippen molar-refractivity contribution < 1.29 is 4.79 Å². The van der Waals surface area contributed by atoms with E-state index in [1.165, 1.54) is 11.6 Å². The third-order valence-corrected chi connectivity index (χ3v) is 4.90. The number of likely N-dealkylation sites (N-methyl/N-ethyl adjacent to an activating group) is 1. The molecule has 0 saturated carbocycles. The van der Waals surface area contributed by atoms with Gasteiger partial charge in [0.25, 0.3) is 11.5 Å². The van der Waals surface area contributed by atoms with E-state index in [1.54, 1.807) is 20.0 Å². The average molecular weight is 418 g/mol. The standard InChI is InChI=1S/C17H23N5O3.2ClH/c1-10-8-12(15(23)22-7-5-6-11(22)9-18-2)19-14-13(10)16(24)21(4)17(25)20(14)3;;/h8,11,18H,5-7,9H2,1-4H3;2*1H. The molecular formula is C17H25Cl2N5O3. The molecule has 1 aliphatic rings. The van der Waals surface area contributed by atoms with E-state index in [0.717, 1.165) is 24.0 Å². The van der Waals surface area contributed by atoms with Crippen LogP contribution in [0.15, 0.2) is 15.7 Å². The number of carbonyl (C=O) groups is 1. The Labute approximate surface area is 169 Å². The predicted octanol–water partition coefficient (Wildman–Crippen LogP) is 0.608. The van der Waals surface area contributed by atoms with E-state index in [2.05, 4.69) is 10.3 Å². The van der Waals surface area contributed by atoms with Crippen molar-refractivity contribution >= 4 is 41.8 Å². The van der Waals surface area contributed by atoms with Crippen LogP contribution >= 0.6 is 24.8 Å². The number of likely N-dealkylation sites (tertiary alicyclic amines) is 1. The van der Waals surface area contributed by atoms with Crippen LogP contribution < -0.4 is 16.6 Å². The number of amides is 1. The molecule has 1 fully saturated rings. The zero-order valence-electron chi connectivity index (χ0n) is 15.8. The number of aryl methyl sites for hydroxylation is 2. The number of aromatic nitrogens is 3. The van der Waals surface area contributed by atoms with Crippen molar-refractivity contribution in [2.24, 2.45) is 14.1 Å². The molecular weight excluding hydrogens is 393 g/mol. The molecule has 10 heteroatoms. The number of nitrogens with one attached hydrogen (secondary N) is 1. The molecule has 0 radical (unpaired) electrons. The highest BCUT2D eigenvalue weighted by Gasteiger charge is 2.30. The summed E-state index contributed by atoms with van der Waals surface area (Å²) >= 11 is 0. The first-order valence-corrected chi connectivity index (χ1v) is 8.39. The summed E-state index contributed by atoms with van der Waals surface area (Å²) in [7, 11) is 4.87. The SMILES string of the molecule is CNCC1CCCN1C(=O)c1cc(C)c2c(=O)n(C)c(=O)n(C)c2n1.Cl.Cl. The van der Waals surface area contributed by atoms with E-state index < -0.39 is 11.2 Å². The Kier molecular flexibility index (Phi) is 7.59. The molecule has 1 N–H and O–H groups in total. The second-order valence-corrected chi connectivity index (χ2v) is 6.58. The Morgan fingerprint density at radius 1 is 1.26 bits per heavy atom. The lowest BCUT2D eigenvalue weighted by molar-refractivity contribution is 0.0731. The molecule has 1 amide bonds.